The van der Waals surface area contributed by atoms with Gasteiger partial charge in [-0.2, -0.15) is 5.10 Å². The lowest BCUT2D eigenvalue weighted by Crippen LogP contribution is -2.49. The summed E-state index contributed by atoms with van der Waals surface area (Å²) in [6, 6.07) is 3.82. The van der Waals surface area contributed by atoms with Crippen LogP contribution in [0.1, 0.15) is 26.1 Å². The lowest BCUT2D eigenvalue weighted by molar-refractivity contribution is -0.132. The van der Waals surface area contributed by atoms with Gasteiger partial charge in [0.25, 0.3) is 0 Å². The molecule has 2 aromatic rings. The van der Waals surface area contributed by atoms with E-state index in [2.05, 4.69) is 33.8 Å². The number of carbonyl (C=O) groups excluding carboxylic acids is 1. The summed E-state index contributed by atoms with van der Waals surface area (Å²) in [6.07, 6.45) is 4.22. The maximum absolute atomic E-state index is 12.2. The first-order valence-electron chi connectivity index (χ1n) is 8.41. The molecule has 0 saturated carbocycles. The van der Waals surface area contributed by atoms with Crippen LogP contribution < -0.4 is 4.90 Å². The molecule has 7 nitrogen and oxygen atoms in total. The molecular weight excluding hydrogens is 304 g/mol. The van der Waals surface area contributed by atoms with E-state index in [1.165, 1.54) is 0 Å². The van der Waals surface area contributed by atoms with Gasteiger partial charge in [0.05, 0.1) is 0 Å². The van der Waals surface area contributed by atoms with Crippen molar-refractivity contribution >= 4 is 11.7 Å². The van der Waals surface area contributed by atoms with E-state index in [4.69, 9.17) is 0 Å². The van der Waals surface area contributed by atoms with Gasteiger partial charge in [0.1, 0.15) is 11.6 Å². The van der Waals surface area contributed by atoms with Crippen molar-refractivity contribution in [1.29, 1.82) is 0 Å². The van der Waals surface area contributed by atoms with Crippen LogP contribution in [0.4, 0.5) is 5.82 Å². The van der Waals surface area contributed by atoms with Crippen molar-refractivity contribution in [2.45, 2.75) is 27.2 Å². The Labute approximate surface area is 142 Å². The molecule has 0 spiro atoms. The number of amides is 1. The molecule has 3 heterocycles. The largest absolute Gasteiger partial charge is 0.353 e. The Morgan fingerprint density at radius 2 is 1.88 bits per heavy atom. The van der Waals surface area contributed by atoms with Gasteiger partial charge in [0.15, 0.2) is 5.82 Å². The number of rotatable bonds is 4. The average Bonchev–Trinajstić information content (AvgIpc) is 3.08. The molecule has 0 aromatic carbocycles. The summed E-state index contributed by atoms with van der Waals surface area (Å²) in [5.74, 6) is 3.03. The standard InChI is InChI=1S/C17H24N6O/c1-13(2)11-17(24)22-9-7-21(8-10-22)15-12-16(20-14(3)19-15)23-6-4-5-18-23/h4-6,12-13H,7-11H2,1-3H3. The van der Waals surface area contributed by atoms with Crippen LogP contribution in [0.5, 0.6) is 0 Å². The Hall–Kier alpha value is -2.44. The van der Waals surface area contributed by atoms with Gasteiger partial charge < -0.3 is 9.80 Å². The molecule has 0 bridgehead atoms. The molecule has 0 atom stereocenters. The summed E-state index contributed by atoms with van der Waals surface area (Å²) in [6.45, 7) is 9.11. The van der Waals surface area contributed by atoms with Crippen molar-refractivity contribution in [3.63, 3.8) is 0 Å². The summed E-state index contributed by atoms with van der Waals surface area (Å²) in [5, 5.41) is 4.23. The second kappa shape index (κ2) is 6.98. The minimum absolute atomic E-state index is 0.251. The monoisotopic (exact) mass is 328 g/mol. The molecule has 1 aliphatic rings. The zero-order valence-corrected chi connectivity index (χ0v) is 14.5. The topological polar surface area (TPSA) is 67.2 Å². The number of hydrogen-bond donors (Lipinski definition) is 0. The highest BCUT2D eigenvalue weighted by molar-refractivity contribution is 5.76. The summed E-state index contributed by atoms with van der Waals surface area (Å²) in [5.41, 5.74) is 0. The van der Waals surface area contributed by atoms with E-state index in [0.717, 1.165) is 43.6 Å². The number of piperazine rings is 1. The van der Waals surface area contributed by atoms with Gasteiger partial charge in [-0.15, -0.1) is 0 Å². The molecule has 0 aliphatic carbocycles. The van der Waals surface area contributed by atoms with Crippen LogP contribution in [0.3, 0.4) is 0 Å². The normalized spacial score (nSPS) is 15.2. The van der Waals surface area contributed by atoms with Crippen LogP contribution in [0.25, 0.3) is 5.82 Å². The van der Waals surface area contributed by atoms with Gasteiger partial charge >= 0.3 is 0 Å². The van der Waals surface area contributed by atoms with Crippen LogP contribution in [-0.2, 0) is 4.79 Å². The summed E-state index contributed by atoms with van der Waals surface area (Å²) in [4.78, 5) is 25.4. The van der Waals surface area contributed by atoms with Crippen molar-refractivity contribution < 1.29 is 4.79 Å². The van der Waals surface area contributed by atoms with Crippen LogP contribution in [0.2, 0.25) is 0 Å². The van der Waals surface area contributed by atoms with Gasteiger partial charge in [0, 0.05) is 51.1 Å². The molecule has 0 radical (unpaired) electrons. The fraction of sp³-hybridized carbons (Fsp3) is 0.529. The summed E-state index contributed by atoms with van der Waals surface area (Å²) >= 11 is 0. The first kappa shape index (κ1) is 16.4. The molecule has 1 saturated heterocycles. The van der Waals surface area contributed by atoms with Gasteiger partial charge in [-0.05, 0) is 18.9 Å². The molecule has 2 aromatic heterocycles. The Morgan fingerprint density at radius 3 is 2.50 bits per heavy atom. The van der Waals surface area contributed by atoms with Crippen molar-refractivity contribution in [3.05, 3.63) is 30.4 Å². The minimum atomic E-state index is 0.251. The minimum Gasteiger partial charge on any atom is -0.353 e. The number of anilines is 1. The van der Waals surface area contributed by atoms with E-state index in [0.29, 0.717) is 12.3 Å². The molecule has 7 heteroatoms. The molecular formula is C17H24N6O. The van der Waals surface area contributed by atoms with Crippen LogP contribution in [0, 0.1) is 12.8 Å². The Bertz CT molecular complexity index is 689. The van der Waals surface area contributed by atoms with E-state index < -0.39 is 0 Å². The van der Waals surface area contributed by atoms with Gasteiger partial charge in [-0.3, -0.25) is 4.79 Å². The lowest BCUT2D eigenvalue weighted by Gasteiger charge is -2.35. The highest BCUT2D eigenvalue weighted by Crippen LogP contribution is 2.18. The highest BCUT2D eigenvalue weighted by Gasteiger charge is 2.23. The molecule has 3 rings (SSSR count). The van der Waals surface area contributed by atoms with Crippen molar-refractivity contribution in [2.75, 3.05) is 31.1 Å². The fourth-order valence-electron chi connectivity index (χ4n) is 2.88. The molecule has 1 amide bonds. The first-order valence-corrected chi connectivity index (χ1v) is 8.41. The van der Waals surface area contributed by atoms with E-state index >= 15 is 0 Å². The number of aromatic nitrogens is 4. The second-order valence-electron chi connectivity index (χ2n) is 6.55. The fourth-order valence-corrected chi connectivity index (χ4v) is 2.88. The summed E-state index contributed by atoms with van der Waals surface area (Å²) in [7, 11) is 0. The maximum Gasteiger partial charge on any atom is 0.222 e. The third kappa shape index (κ3) is 3.72. The smallest absolute Gasteiger partial charge is 0.222 e. The zero-order valence-electron chi connectivity index (χ0n) is 14.5. The molecule has 24 heavy (non-hydrogen) atoms. The third-order valence-corrected chi connectivity index (χ3v) is 4.09. The van der Waals surface area contributed by atoms with Crippen LogP contribution >= 0.6 is 0 Å². The van der Waals surface area contributed by atoms with Gasteiger partial charge in [-0.25, -0.2) is 14.6 Å². The second-order valence-corrected chi connectivity index (χ2v) is 6.55. The van der Waals surface area contributed by atoms with E-state index in [1.54, 1.807) is 10.9 Å². The molecule has 1 aliphatic heterocycles. The SMILES string of the molecule is Cc1nc(N2CCN(C(=O)CC(C)C)CC2)cc(-n2cccn2)n1. The van der Waals surface area contributed by atoms with Gasteiger partial charge in [0.2, 0.25) is 5.91 Å². The van der Waals surface area contributed by atoms with Gasteiger partial charge in [-0.1, -0.05) is 13.8 Å². The van der Waals surface area contributed by atoms with E-state index in [-0.39, 0.29) is 5.91 Å². The maximum atomic E-state index is 12.2. The molecule has 128 valence electrons. The van der Waals surface area contributed by atoms with Crippen molar-refractivity contribution in [3.8, 4) is 5.82 Å². The molecule has 0 unspecified atom stereocenters. The number of aryl methyl sites for hydroxylation is 1. The average molecular weight is 328 g/mol. The van der Waals surface area contributed by atoms with E-state index in [9.17, 15) is 4.79 Å². The Balaban J connectivity index is 1.69. The molecule has 1 fully saturated rings. The predicted molar refractivity (Wildman–Crippen MR) is 92.1 cm³/mol. The third-order valence-electron chi connectivity index (χ3n) is 4.09. The van der Waals surface area contributed by atoms with Crippen LogP contribution in [-0.4, -0.2) is 56.7 Å². The quantitative estimate of drug-likeness (QED) is 0.854. The number of carbonyl (C=O) groups is 1. The zero-order chi connectivity index (χ0) is 17.1. The van der Waals surface area contributed by atoms with Crippen molar-refractivity contribution in [2.24, 2.45) is 5.92 Å². The Kier molecular flexibility index (Phi) is 4.78. The van der Waals surface area contributed by atoms with Crippen LogP contribution in [0.15, 0.2) is 24.5 Å². The molecule has 0 N–H and O–H groups in total. The first-order chi connectivity index (χ1) is 11.5. The van der Waals surface area contributed by atoms with E-state index in [1.807, 2.05) is 30.2 Å². The van der Waals surface area contributed by atoms with Crippen molar-refractivity contribution in [1.82, 2.24) is 24.6 Å². The predicted octanol–water partition coefficient (Wildman–Crippen LogP) is 1.67. The number of hydrogen-bond acceptors (Lipinski definition) is 5. The summed E-state index contributed by atoms with van der Waals surface area (Å²) < 4.78 is 1.74. The lowest BCUT2D eigenvalue weighted by atomic mass is 10.1. The highest BCUT2D eigenvalue weighted by atomic mass is 16.2. The number of nitrogens with zero attached hydrogens (tertiary/aromatic N) is 6. The Morgan fingerprint density at radius 1 is 1.17 bits per heavy atom.